The van der Waals surface area contributed by atoms with E-state index in [4.69, 9.17) is 4.74 Å². The first-order valence-electron chi connectivity index (χ1n) is 12.8. The molecule has 2 aromatic carbocycles. The minimum absolute atomic E-state index is 0.832. The third-order valence-electron chi connectivity index (χ3n) is 5.83. The molecule has 0 N–H and O–H groups in total. The zero-order chi connectivity index (χ0) is 22.0. The number of hydrogen-bond donors (Lipinski definition) is 0. The standard InChI is InChI=1S/C29H44OS/c1-3-5-7-9-10-11-12-14-24-30-28-20-16-26(17-21-28)27-18-22-29(23-19-27)31-25-15-13-8-6-4-2/h16-23H,3-15,24-25H2,1-2H3. The molecule has 0 unspecified atom stereocenters. The topological polar surface area (TPSA) is 9.23 Å². The van der Waals surface area contributed by atoms with Crippen molar-refractivity contribution in [3.8, 4) is 16.9 Å². The average molecular weight is 441 g/mol. The highest BCUT2D eigenvalue weighted by atomic mass is 32.2. The van der Waals surface area contributed by atoms with Crippen LogP contribution in [0, 0.1) is 0 Å². The monoisotopic (exact) mass is 440 g/mol. The smallest absolute Gasteiger partial charge is 0.119 e. The van der Waals surface area contributed by atoms with Crippen LogP contribution in [0.4, 0.5) is 0 Å². The molecule has 2 rings (SSSR count). The van der Waals surface area contributed by atoms with E-state index in [9.17, 15) is 0 Å². The summed E-state index contributed by atoms with van der Waals surface area (Å²) >= 11 is 1.98. The van der Waals surface area contributed by atoms with Crippen molar-refractivity contribution in [1.82, 2.24) is 0 Å². The van der Waals surface area contributed by atoms with Gasteiger partial charge >= 0.3 is 0 Å². The highest BCUT2D eigenvalue weighted by Gasteiger charge is 2.01. The molecular weight excluding hydrogens is 396 g/mol. The molecule has 0 spiro atoms. The second-order valence-corrected chi connectivity index (χ2v) is 9.80. The third kappa shape index (κ3) is 11.7. The summed E-state index contributed by atoms with van der Waals surface area (Å²) < 4.78 is 5.94. The molecular formula is C29H44OS. The van der Waals surface area contributed by atoms with Gasteiger partial charge in [-0.3, -0.25) is 0 Å². The van der Waals surface area contributed by atoms with Crippen LogP contribution in [-0.4, -0.2) is 12.4 Å². The molecule has 172 valence electrons. The molecule has 1 nitrogen and oxygen atoms in total. The van der Waals surface area contributed by atoms with Crippen molar-refractivity contribution in [2.75, 3.05) is 12.4 Å². The summed E-state index contributed by atoms with van der Waals surface area (Å²) in [6.45, 7) is 5.38. The lowest BCUT2D eigenvalue weighted by atomic mass is 10.1. The molecule has 0 aliphatic carbocycles. The lowest BCUT2D eigenvalue weighted by molar-refractivity contribution is 0.304. The molecule has 0 bridgehead atoms. The summed E-state index contributed by atoms with van der Waals surface area (Å²) in [7, 11) is 0. The van der Waals surface area contributed by atoms with Gasteiger partial charge in [-0.2, -0.15) is 0 Å². The van der Waals surface area contributed by atoms with E-state index in [1.54, 1.807) is 0 Å². The number of ether oxygens (including phenoxy) is 1. The van der Waals surface area contributed by atoms with E-state index in [0.717, 1.165) is 18.8 Å². The van der Waals surface area contributed by atoms with Crippen molar-refractivity contribution < 1.29 is 4.74 Å². The van der Waals surface area contributed by atoms with Crippen LogP contribution in [0.15, 0.2) is 53.4 Å². The number of unbranched alkanes of at least 4 members (excludes halogenated alkanes) is 11. The maximum atomic E-state index is 5.94. The minimum atomic E-state index is 0.832. The van der Waals surface area contributed by atoms with Crippen LogP contribution in [0.2, 0.25) is 0 Å². The van der Waals surface area contributed by atoms with E-state index in [0.29, 0.717) is 0 Å². The number of hydrogen-bond acceptors (Lipinski definition) is 2. The van der Waals surface area contributed by atoms with E-state index in [2.05, 4.69) is 62.4 Å². The number of thioether (sulfide) groups is 1. The normalized spacial score (nSPS) is 11.0. The molecule has 0 aromatic heterocycles. The van der Waals surface area contributed by atoms with Gasteiger partial charge in [0, 0.05) is 4.90 Å². The second-order valence-electron chi connectivity index (χ2n) is 8.63. The van der Waals surface area contributed by atoms with Crippen LogP contribution in [-0.2, 0) is 0 Å². The van der Waals surface area contributed by atoms with Gasteiger partial charge in [-0.15, -0.1) is 11.8 Å². The molecule has 0 radical (unpaired) electrons. The van der Waals surface area contributed by atoms with Gasteiger partial charge in [0.2, 0.25) is 0 Å². The summed E-state index contributed by atoms with van der Waals surface area (Å²) in [6, 6.07) is 17.6. The van der Waals surface area contributed by atoms with Crippen molar-refractivity contribution >= 4 is 11.8 Å². The van der Waals surface area contributed by atoms with Crippen LogP contribution >= 0.6 is 11.8 Å². The van der Waals surface area contributed by atoms with Crippen molar-refractivity contribution in [1.29, 1.82) is 0 Å². The molecule has 0 atom stereocenters. The highest BCUT2D eigenvalue weighted by molar-refractivity contribution is 7.99. The summed E-state index contributed by atoms with van der Waals surface area (Å²) in [5.41, 5.74) is 2.54. The Morgan fingerprint density at radius 2 is 1.03 bits per heavy atom. The molecule has 2 heteroatoms. The molecule has 0 aliphatic heterocycles. The Balaban J connectivity index is 1.62. The van der Waals surface area contributed by atoms with Crippen LogP contribution in [0.25, 0.3) is 11.1 Å². The first kappa shape index (κ1) is 25.8. The minimum Gasteiger partial charge on any atom is -0.494 e. The number of benzene rings is 2. The van der Waals surface area contributed by atoms with Crippen molar-refractivity contribution in [3.63, 3.8) is 0 Å². The summed E-state index contributed by atoms with van der Waals surface area (Å²) in [4.78, 5) is 1.38. The average Bonchev–Trinajstić information content (AvgIpc) is 2.81. The molecule has 0 fully saturated rings. The van der Waals surface area contributed by atoms with E-state index in [-0.39, 0.29) is 0 Å². The summed E-state index contributed by atoms with van der Waals surface area (Å²) in [6.07, 6.45) is 17.5. The Kier molecular flexibility index (Phi) is 14.3. The fourth-order valence-corrected chi connectivity index (χ4v) is 4.72. The van der Waals surface area contributed by atoms with Crippen molar-refractivity contribution in [2.45, 2.75) is 102 Å². The molecule has 0 heterocycles. The predicted octanol–water partition coefficient (Wildman–Crippen LogP) is 9.94. The van der Waals surface area contributed by atoms with Gasteiger partial charge < -0.3 is 4.74 Å². The van der Waals surface area contributed by atoms with Crippen molar-refractivity contribution in [2.24, 2.45) is 0 Å². The van der Waals surface area contributed by atoms with E-state index >= 15 is 0 Å². The van der Waals surface area contributed by atoms with Crippen LogP contribution in [0.5, 0.6) is 5.75 Å². The molecule has 0 aliphatic rings. The van der Waals surface area contributed by atoms with Crippen LogP contribution < -0.4 is 4.74 Å². The largest absolute Gasteiger partial charge is 0.494 e. The van der Waals surface area contributed by atoms with Gasteiger partial charge in [-0.25, -0.2) is 0 Å². The third-order valence-corrected chi connectivity index (χ3v) is 6.92. The van der Waals surface area contributed by atoms with E-state index in [1.165, 1.54) is 98.8 Å². The lowest BCUT2D eigenvalue weighted by Gasteiger charge is -2.08. The maximum absolute atomic E-state index is 5.94. The van der Waals surface area contributed by atoms with Gasteiger partial charge in [0.05, 0.1) is 6.61 Å². The first-order chi connectivity index (χ1) is 15.3. The zero-order valence-corrected chi connectivity index (χ0v) is 20.9. The molecule has 2 aromatic rings. The summed E-state index contributed by atoms with van der Waals surface area (Å²) in [5, 5.41) is 0. The predicted molar refractivity (Wildman–Crippen MR) is 139 cm³/mol. The Bertz CT molecular complexity index is 662. The second kappa shape index (κ2) is 17.2. The van der Waals surface area contributed by atoms with Gasteiger partial charge in [0.25, 0.3) is 0 Å². The SMILES string of the molecule is CCCCCCCCCCOc1ccc(-c2ccc(SCCCCCCC)cc2)cc1. The zero-order valence-electron chi connectivity index (χ0n) is 20.0. The highest BCUT2D eigenvalue weighted by Crippen LogP contribution is 2.26. The van der Waals surface area contributed by atoms with Gasteiger partial charge in [-0.05, 0) is 54.0 Å². The first-order valence-corrected chi connectivity index (χ1v) is 13.8. The molecule has 31 heavy (non-hydrogen) atoms. The van der Waals surface area contributed by atoms with Gasteiger partial charge in [0.1, 0.15) is 5.75 Å². The van der Waals surface area contributed by atoms with Gasteiger partial charge in [-0.1, -0.05) is 109 Å². The number of rotatable bonds is 18. The quantitative estimate of drug-likeness (QED) is 0.168. The Morgan fingerprint density at radius 1 is 0.548 bits per heavy atom. The Hall–Kier alpha value is -1.41. The van der Waals surface area contributed by atoms with Crippen LogP contribution in [0.3, 0.4) is 0 Å². The molecule has 0 amide bonds. The van der Waals surface area contributed by atoms with E-state index in [1.807, 2.05) is 11.8 Å². The fraction of sp³-hybridized carbons (Fsp3) is 0.586. The van der Waals surface area contributed by atoms with Crippen LogP contribution in [0.1, 0.15) is 97.3 Å². The Morgan fingerprint density at radius 3 is 1.61 bits per heavy atom. The fourth-order valence-electron chi connectivity index (χ4n) is 3.81. The Labute approximate surface area is 196 Å². The molecule has 0 saturated carbocycles. The molecule has 0 saturated heterocycles. The van der Waals surface area contributed by atoms with E-state index < -0.39 is 0 Å². The lowest BCUT2D eigenvalue weighted by Crippen LogP contribution is -1.97. The summed E-state index contributed by atoms with van der Waals surface area (Å²) in [5.74, 6) is 2.22. The van der Waals surface area contributed by atoms with Crippen molar-refractivity contribution in [3.05, 3.63) is 48.5 Å². The maximum Gasteiger partial charge on any atom is 0.119 e. The van der Waals surface area contributed by atoms with Gasteiger partial charge in [0.15, 0.2) is 0 Å².